The Morgan fingerprint density at radius 3 is 2.59 bits per heavy atom. The first-order valence-electron chi connectivity index (χ1n) is 10.6. The molecule has 0 radical (unpaired) electrons. The van der Waals surface area contributed by atoms with Crippen LogP contribution < -0.4 is 4.74 Å². The minimum atomic E-state index is -0.734. The zero-order chi connectivity index (χ0) is 22.8. The van der Waals surface area contributed by atoms with Crippen molar-refractivity contribution in [3.05, 3.63) is 71.4 Å². The Kier molecular flexibility index (Phi) is 6.01. The molecular weight excluding hydrogens is 406 g/mol. The maximum absolute atomic E-state index is 13.2. The number of amides is 1. The highest BCUT2D eigenvalue weighted by atomic mass is 16.5. The van der Waals surface area contributed by atoms with E-state index in [1.807, 2.05) is 61.5 Å². The zero-order valence-corrected chi connectivity index (χ0v) is 18.5. The number of fused-ring (bicyclic) bond motifs is 1. The number of likely N-dealkylation sites (tertiary alicyclic amines) is 1. The SMILES string of the molecule is COc1ccccc1[C@H]1C(=C(O)c2c[nH]c3ccccc23)C(=O)C(=O)N1CCCN(C)C. The van der Waals surface area contributed by atoms with E-state index in [0.29, 0.717) is 29.8 Å². The summed E-state index contributed by atoms with van der Waals surface area (Å²) in [6, 6.07) is 14.1. The van der Waals surface area contributed by atoms with Crippen molar-refractivity contribution in [1.29, 1.82) is 0 Å². The molecule has 4 rings (SSSR count). The number of aromatic nitrogens is 1. The predicted molar refractivity (Wildman–Crippen MR) is 123 cm³/mol. The van der Waals surface area contributed by atoms with Gasteiger partial charge in [0.25, 0.3) is 11.7 Å². The maximum Gasteiger partial charge on any atom is 0.295 e. The van der Waals surface area contributed by atoms with Crippen LogP contribution in [0.5, 0.6) is 5.75 Å². The molecule has 2 heterocycles. The molecule has 0 aliphatic carbocycles. The molecule has 1 atom stereocenters. The van der Waals surface area contributed by atoms with Crippen LogP contribution in [0, 0.1) is 0 Å². The number of para-hydroxylation sites is 2. The number of ketones is 1. The summed E-state index contributed by atoms with van der Waals surface area (Å²) < 4.78 is 5.54. The molecule has 0 bridgehead atoms. The molecule has 7 nitrogen and oxygen atoms in total. The Bertz CT molecular complexity index is 1190. The highest BCUT2D eigenvalue weighted by Crippen LogP contribution is 2.43. The summed E-state index contributed by atoms with van der Waals surface area (Å²) in [5.74, 6) is -0.928. The van der Waals surface area contributed by atoms with Crippen molar-refractivity contribution < 1.29 is 19.4 Å². The molecule has 2 aromatic carbocycles. The Morgan fingerprint density at radius 2 is 1.84 bits per heavy atom. The number of hydrogen-bond acceptors (Lipinski definition) is 5. The van der Waals surface area contributed by atoms with Crippen LogP contribution in [-0.2, 0) is 9.59 Å². The van der Waals surface area contributed by atoms with E-state index < -0.39 is 17.7 Å². The number of ether oxygens (including phenoxy) is 1. The molecule has 3 aromatic rings. The fourth-order valence-corrected chi connectivity index (χ4v) is 4.30. The highest BCUT2D eigenvalue weighted by Gasteiger charge is 2.46. The van der Waals surface area contributed by atoms with Crippen LogP contribution in [0.15, 0.2) is 60.3 Å². The van der Waals surface area contributed by atoms with Crippen molar-refractivity contribution in [2.24, 2.45) is 0 Å². The lowest BCUT2D eigenvalue weighted by atomic mass is 9.94. The van der Waals surface area contributed by atoms with Gasteiger partial charge in [0.2, 0.25) is 0 Å². The van der Waals surface area contributed by atoms with Gasteiger partial charge in [-0.2, -0.15) is 0 Å². The topological polar surface area (TPSA) is 85.9 Å². The third-order valence-electron chi connectivity index (χ3n) is 5.82. The normalized spacial score (nSPS) is 18.1. The number of H-pyrrole nitrogens is 1. The van der Waals surface area contributed by atoms with Gasteiger partial charge in [-0.15, -0.1) is 0 Å². The quantitative estimate of drug-likeness (QED) is 0.338. The summed E-state index contributed by atoms with van der Waals surface area (Å²) in [5, 5.41) is 12.1. The second kappa shape index (κ2) is 8.88. The van der Waals surface area contributed by atoms with E-state index in [4.69, 9.17) is 4.74 Å². The first-order valence-corrected chi connectivity index (χ1v) is 10.6. The number of Topliss-reactive ketones (excluding diaryl/α,β-unsaturated/α-hetero) is 1. The van der Waals surface area contributed by atoms with Crippen LogP contribution in [0.3, 0.4) is 0 Å². The molecule has 0 saturated carbocycles. The maximum atomic E-state index is 13.2. The first kappa shape index (κ1) is 21.6. The minimum absolute atomic E-state index is 0.0779. The Balaban J connectivity index is 1.88. The molecule has 166 valence electrons. The van der Waals surface area contributed by atoms with Gasteiger partial charge in [0.05, 0.1) is 18.7 Å². The summed E-state index contributed by atoms with van der Waals surface area (Å²) in [6.07, 6.45) is 2.36. The molecule has 1 fully saturated rings. The number of aromatic amines is 1. The number of carbonyl (C=O) groups is 2. The number of aliphatic hydroxyl groups excluding tert-OH is 1. The van der Waals surface area contributed by atoms with Gasteiger partial charge in [-0.05, 0) is 39.2 Å². The largest absolute Gasteiger partial charge is 0.507 e. The molecule has 7 heteroatoms. The molecule has 32 heavy (non-hydrogen) atoms. The van der Waals surface area contributed by atoms with E-state index in [2.05, 4.69) is 4.98 Å². The molecule has 1 saturated heterocycles. The van der Waals surface area contributed by atoms with Gasteiger partial charge in [-0.1, -0.05) is 36.4 Å². The second-order valence-corrected chi connectivity index (χ2v) is 8.14. The summed E-state index contributed by atoms with van der Waals surface area (Å²) in [6.45, 7) is 1.15. The minimum Gasteiger partial charge on any atom is -0.507 e. The molecule has 0 spiro atoms. The van der Waals surface area contributed by atoms with Gasteiger partial charge in [0.1, 0.15) is 11.5 Å². The Hall–Kier alpha value is -3.58. The predicted octanol–water partition coefficient (Wildman–Crippen LogP) is 3.55. The molecule has 2 N–H and O–H groups in total. The van der Waals surface area contributed by atoms with Crippen LogP contribution in [0.25, 0.3) is 16.7 Å². The van der Waals surface area contributed by atoms with Crippen molar-refractivity contribution >= 4 is 28.4 Å². The van der Waals surface area contributed by atoms with Gasteiger partial charge in [0.15, 0.2) is 0 Å². The Morgan fingerprint density at radius 1 is 1.12 bits per heavy atom. The summed E-state index contributed by atoms with van der Waals surface area (Å²) >= 11 is 0. The van der Waals surface area contributed by atoms with Crippen LogP contribution in [0.4, 0.5) is 0 Å². The third-order valence-corrected chi connectivity index (χ3v) is 5.82. The fraction of sp³-hybridized carbons (Fsp3) is 0.280. The molecule has 1 amide bonds. The van der Waals surface area contributed by atoms with Crippen LogP contribution in [0.1, 0.15) is 23.6 Å². The van der Waals surface area contributed by atoms with Gasteiger partial charge in [0, 0.05) is 34.8 Å². The van der Waals surface area contributed by atoms with E-state index in [0.717, 1.165) is 17.4 Å². The fourth-order valence-electron chi connectivity index (χ4n) is 4.30. The number of carbonyl (C=O) groups excluding carboxylic acids is 2. The van der Waals surface area contributed by atoms with Crippen LogP contribution in [0.2, 0.25) is 0 Å². The number of nitrogens with one attached hydrogen (secondary N) is 1. The number of methoxy groups -OCH3 is 1. The third kappa shape index (κ3) is 3.76. The smallest absolute Gasteiger partial charge is 0.295 e. The lowest BCUT2D eigenvalue weighted by molar-refractivity contribution is -0.140. The van der Waals surface area contributed by atoms with Gasteiger partial charge in [-0.25, -0.2) is 0 Å². The molecule has 0 unspecified atom stereocenters. The number of aliphatic hydroxyl groups is 1. The standard InChI is InChI=1S/C25H27N3O4/c1-27(2)13-8-14-28-22(17-10-5-7-12-20(17)32-3)21(24(30)25(28)31)23(29)18-15-26-19-11-6-4-9-16(18)19/h4-7,9-12,15,22,26,29H,8,13-14H2,1-3H3/t22-/m0/s1. The summed E-state index contributed by atoms with van der Waals surface area (Å²) in [7, 11) is 5.47. The monoisotopic (exact) mass is 433 g/mol. The van der Waals surface area contributed by atoms with E-state index in [-0.39, 0.29) is 11.3 Å². The van der Waals surface area contributed by atoms with E-state index in [9.17, 15) is 14.7 Å². The molecule has 1 aliphatic heterocycles. The number of hydrogen-bond donors (Lipinski definition) is 2. The Labute approximate surface area is 186 Å². The molecule has 1 aliphatic rings. The van der Waals surface area contributed by atoms with E-state index >= 15 is 0 Å². The lowest BCUT2D eigenvalue weighted by Gasteiger charge is -2.27. The van der Waals surface area contributed by atoms with Crippen LogP contribution in [-0.4, -0.2) is 65.9 Å². The first-order chi connectivity index (χ1) is 15.4. The van der Waals surface area contributed by atoms with E-state index in [1.54, 1.807) is 24.3 Å². The zero-order valence-electron chi connectivity index (χ0n) is 18.5. The highest BCUT2D eigenvalue weighted by molar-refractivity contribution is 6.46. The molecular formula is C25H27N3O4. The van der Waals surface area contributed by atoms with E-state index in [1.165, 1.54) is 0 Å². The van der Waals surface area contributed by atoms with Crippen LogP contribution >= 0.6 is 0 Å². The number of nitrogens with zero attached hydrogens (tertiary/aromatic N) is 2. The van der Waals surface area contributed by atoms with Gasteiger partial charge >= 0.3 is 0 Å². The van der Waals surface area contributed by atoms with Crippen molar-refractivity contribution in [3.63, 3.8) is 0 Å². The molecule has 1 aromatic heterocycles. The summed E-state index contributed by atoms with van der Waals surface area (Å²) in [4.78, 5) is 33.0. The lowest BCUT2D eigenvalue weighted by Crippen LogP contribution is -2.32. The number of benzene rings is 2. The van der Waals surface area contributed by atoms with Gasteiger partial charge < -0.3 is 24.6 Å². The van der Waals surface area contributed by atoms with Gasteiger partial charge in [-0.3, -0.25) is 9.59 Å². The number of rotatable bonds is 7. The average Bonchev–Trinajstić information content (AvgIpc) is 3.33. The van der Waals surface area contributed by atoms with Crippen molar-refractivity contribution in [2.75, 3.05) is 34.3 Å². The van der Waals surface area contributed by atoms with Crippen molar-refractivity contribution in [2.45, 2.75) is 12.5 Å². The van der Waals surface area contributed by atoms with Crippen molar-refractivity contribution in [1.82, 2.24) is 14.8 Å². The average molecular weight is 434 g/mol. The second-order valence-electron chi connectivity index (χ2n) is 8.14. The van der Waals surface area contributed by atoms with Crippen molar-refractivity contribution in [3.8, 4) is 5.75 Å². The summed E-state index contributed by atoms with van der Waals surface area (Å²) in [5.41, 5.74) is 2.07.